The van der Waals surface area contributed by atoms with Gasteiger partial charge in [0.1, 0.15) is 0 Å². The van der Waals surface area contributed by atoms with Gasteiger partial charge in [-0.15, -0.1) is 11.3 Å². The van der Waals surface area contributed by atoms with Crippen LogP contribution < -0.4 is 5.32 Å². The van der Waals surface area contributed by atoms with E-state index in [0.29, 0.717) is 12.6 Å². The molecule has 1 aromatic heterocycles. The van der Waals surface area contributed by atoms with E-state index in [2.05, 4.69) is 28.6 Å². The van der Waals surface area contributed by atoms with Crippen molar-refractivity contribution in [2.45, 2.75) is 32.4 Å². The zero-order valence-electron chi connectivity index (χ0n) is 12.5. The topological polar surface area (TPSA) is 35.6 Å². The van der Waals surface area contributed by atoms with Crippen LogP contribution in [0.25, 0.3) is 0 Å². The molecule has 1 N–H and O–H groups in total. The van der Waals surface area contributed by atoms with E-state index in [1.54, 1.807) is 11.3 Å². The molecule has 0 bridgehead atoms. The standard InChI is InChI=1S/C15H25N3OS/c1-3-8-18(13-6-7-16-10-13)12-15(19)17(2)11-14-5-4-9-20-14/h4-5,9,13,16H,3,6-8,10-12H2,1-2H3. The quantitative estimate of drug-likeness (QED) is 0.833. The summed E-state index contributed by atoms with van der Waals surface area (Å²) in [5.74, 6) is 0.221. The third-order valence-electron chi connectivity index (χ3n) is 3.80. The van der Waals surface area contributed by atoms with Crippen molar-refractivity contribution in [1.29, 1.82) is 0 Å². The molecule has 0 aromatic carbocycles. The molecule has 0 radical (unpaired) electrons. The smallest absolute Gasteiger partial charge is 0.236 e. The monoisotopic (exact) mass is 295 g/mol. The molecule has 112 valence electrons. The van der Waals surface area contributed by atoms with Gasteiger partial charge >= 0.3 is 0 Å². The summed E-state index contributed by atoms with van der Waals surface area (Å²) in [6.45, 7) is 6.54. The van der Waals surface area contributed by atoms with Gasteiger partial charge in [0.25, 0.3) is 0 Å². The normalized spacial score (nSPS) is 18.6. The first-order chi connectivity index (χ1) is 9.70. The number of amides is 1. The van der Waals surface area contributed by atoms with Gasteiger partial charge < -0.3 is 10.2 Å². The number of likely N-dealkylation sites (N-methyl/N-ethyl adjacent to an activating group) is 1. The van der Waals surface area contributed by atoms with E-state index < -0.39 is 0 Å². The molecule has 2 rings (SSSR count). The number of hydrogen-bond donors (Lipinski definition) is 1. The number of carbonyl (C=O) groups excluding carboxylic acids is 1. The van der Waals surface area contributed by atoms with Crippen molar-refractivity contribution in [2.75, 3.05) is 33.2 Å². The predicted octanol–water partition coefficient (Wildman–Crippen LogP) is 1.78. The van der Waals surface area contributed by atoms with Gasteiger partial charge in [-0.3, -0.25) is 9.69 Å². The van der Waals surface area contributed by atoms with Gasteiger partial charge in [0.15, 0.2) is 0 Å². The molecule has 1 aromatic rings. The van der Waals surface area contributed by atoms with Crippen LogP contribution in [-0.2, 0) is 11.3 Å². The molecule has 4 nitrogen and oxygen atoms in total. The summed E-state index contributed by atoms with van der Waals surface area (Å²) < 4.78 is 0. The van der Waals surface area contributed by atoms with E-state index in [1.165, 1.54) is 4.88 Å². The highest BCUT2D eigenvalue weighted by Gasteiger charge is 2.24. The van der Waals surface area contributed by atoms with Gasteiger partial charge in [-0.25, -0.2) is 0 Å². The van der Waals surface area contributed by atoms with E-state index in [0.717, 1.165) is 39.0 Å². The van der Waals surface area contributed by atoms with Crippen LogP contribution >= 0.6 is 11.3 Å². The number of nitrogens with zero attached hydrogens (tertiary/aromatic N) is 2. The van der Waals surface area contributed by atoms with E-state index >= 15 is 0 Å². The van der Waals surface area contributed by atoms with Gasteiger partial charge in [-0.1, -0.05) is 13.0 Å². The maximum Gasteiger partial charge on any atom is 0.236 e. The fraction of sp³-hybridized carbons (Fsp3) is 0.667. The Kier molecular flexibility index (Phi) is 6.01. The first-order valence-corrected chi connectivity index (χ1v) is 8.29. The minimum absolute atomic E-state index is 0.221. The molecule has 1 amide bonds. The Bertz CT molecular complexity index is 401. The second-order valence-electron chi connectivity index (χ2n) is 5.45. The van der Waals surface area contributed by atoms with Crippen LogP contribution in [0.5, 0.6) is 0 Å². The lowest BCUT2D eigenvalue weighted by Crippen LogP contribution is -2.44. The number of nitrogens with one attached hydrogen (secondary N) is 1. The number of rotatable bonds is 7. The van der Waals surface area contributed by atoms with Crippen LogP contribution in [0, 0.1) is 0 Å². The molecule has 0 saturated carbocycles. The minimum atomic E-state index is 0.221. The summed E-state index contributed by atoms with van der Waals surface area (Å²) in [5, 5.41) is 5.44. The predicted molar refractivity (Wildman–Crippen MR) is 83.9 cm³/mol. The minimum Gasteiger partial charge on any atom is -0.340 e. The SMILES string of the molecule is CCCN(CC(=O)N(C)Cc1cccs1)C1CCNC1. The Morgan fingerprint density at radius 1 is 1.55 bits per heavy atom. The van der Waals surface area contributed by atoms with Crippen molar-refractivity contribution >= 4 is 17.2 Å². The molecule has 1 fully saturated rings. The second kappa shape index (κ2) is 7.76. The van der Waals surface area contributed by atoms with Crippen LogP contribution in [0.1, 0.15) is 24.6 Å². The van der Waals surface area contributed by atoms with Crippen LogP contribution in [0.2, 0.25) is 0 Å². The van der Waals surface area contributed by atoms with Crippen LogP contribution in [0.3, 0.4) is 0 Å². The summed E-state index contributed by atoms with van der Waals surface area (Å²) in [5.41, 5.74) is 0. The molecular weight excluding hydrogens is 270 g/mol. The van der Waals surface area contributed by atoms with Crippen molar-refractivity contribution in [3.8, 4) is 0 Å². The van der Waals surface area contributed by atoms with Crippen LogP contribution in [0.15, 0.2) is 17.5 Å². The highest BCUT2D eigenvalue weighted by Crippen LogP contribution is 2.13. The van der Waals surface area contributed by atoms with Crippen molar-refractivity contribution in [1.82, 2.24) is 15.1 Å². The molecule has 1 unspecified atom stereocenters. The van der Waals surface area contributed by atoms with Crippen molar-refractivity contribution in [2.24, 2.45) is 0 Å². The van der Waals surface area contributed by atoms with E-state index in [-0.39, 0.29) is 5.91 Å². The lowest BCUT2D eigenvalue weighted by Gasteiger charge is -2.29. The first-order valence-electron chi connectivity index (χ1n) is 7.41. The maximum absolute atomic E-state index is 12.4. The van der Waals surface area contributed by atoms with Gasteiger partial charge in [0.2, 0.25) is 5.91 Å². The molecule has 1 aliphatic heterocycles. The van der Waals surface area contributed by atoms with Gasteiger partial charge in [0, 0.05) is 24.5 Å². The summed E-state index contributed by atoms with van der Waals surface area (Å²) in [7, 11) is 1.90. The van der Waals surface area contributed by atoms with Gasteiger partial charge in [0.05, 0.1) is 13.1 Å². The molecule has 0 aliphatic carbocycles. The summed E-state index contributed by atoms with van der Waals surface area (Å²) in [6.07, 6.45) is 2.25. The fourth-order valence-corrected chi connectivity index (χ4v) is 3.41. The van der Waals surface area contributed by atoms with Crippen LogP contribution in [-0.4, -0.2) is 55.0 Å². The summed E-state index contributed by atoms with van der Waals surface area (Å²) in [4.78, 5) is 17.8. The Labute approximate surface area is 125 Å². The Morgan fingerprint density at radius 2 is 2.40 bits per heavy atom. The molecule has 5 heteroatoms. The second-order valence-corrected chi connectivity index (χ2v) is 6.48. The molecule has 1 aliphatic rings. The zero-order chi connectivity index (χ0) is 14.4. The number of carbonyl (C=O) groups is 1. The average Bonchev–Trinajstić information content (AvgIpc) is 3.11. The van der Waals surface area contributed by atoms with Gasteiger partial charge in [-0.05, 0) is 37.4 Å². The van der Waals surface area contributed by atoms with E-state index in [1.807, 2.05) is 18.0 Å². The molecular formula is C15H25N3OS. The van der Waals surface area contributed by atoms with E-state index in [4.69, 9.17) is 0 Å². The fourth-order valence-electron chi connectivity index (χ4n) is 2.65. The largest absolute Gasteiger partial charge is 0.340 e. The van der Waals surface area contributed by atoms with Crippen LogP contribution in [0.4, 0.5) is 0 Å². The highest BCUT2D eigenvalue weighted by atomic mass is 32.1. The third kappa shape index (κ3) is 4.30. The van der Waals surface area contributed by atoms with Crippen molar-refractivity contribution in [3.05, 3.63) is 22.4 Å². The molecule has 2 heterocycles. The molecule has 1 saturated heterocycles. The lowest BCUT2D eigenvalue weighted by atomic mass is 10.2. The first kappa shape index (κ1) is 15.5. The highest BCUT2D eigenvalue weighted by molar-refractivity contribution is 7.09. The summed E-state index contributed by atoms with van der Waals surface area (Å²) in [6, 6.07) is 4.64. The molecule has 1 atom stereocenters. The van der Waals surface area contributed by atoms with E-state index in [9.17, 15) is 4.79 Å². The Balaban J connectivity index is 1.86. The molecule has 0 spiro atoms. The number of thiophene rings is 1. The maximum atomic E-state index is 12.4. The third-order valence-corrected chi connectivity index (χ3v) is 4.66. The number of hydrogen-bond acceptors (Lipinski definition) is 4. The Morgan fingerprint density at radius 3 is 3.00 bits per heavy atom. The average molecular weight is 295 g/mol. The Hall–Kier alpha value is -0.910. The zero-order valence-corrected chi connectivity index (χ0v) is 13.3. The van der Waals surface area contributed by atoms with Crippen molar-refractivity contribution < 1.29 is 4.79 Å². The van der Waals surface area contributed by atoms with Crippen molar-refractivity contribution in [3.63, 3.8) is 0 Å². The lowest BCUT2D eigenvalue weighted by molar-refractivity contribution is -0.132. The van der Waals surface area contributed by atoms with Gasteiger partial charge in [-0.2, -0.15) is 0 Å². The molecule has 20 heavy (non-hydrogen) atoms. The summed E-state index contributed by atoms with van der Waals surface area (Å²) >= 11 is 1.71.